The number of carbonyl (C=O) groups excluding carboxylic acids is 1. The maximum atomic E-state index is 12.5. The van der Waals surface area contributed by atoms with E-state index in [1.807, 2.05) is 56.3 Å². The molecule has 2 N–H and O–H groups in total. The number of rotatable bonds is 6. The maximum Gasteiger partial charge on any atom is 0.252 e. The highest BCUT2D eigenvalue weighted by molar-refractivity contribution is 5.95. The number of aryl methyl sites for hydroxylation is 2. The van der Waals surface area contributed by atoms with Gasteiger partial charge < -0.3 is 10.3 Å². The van der Waals surface area contributed by atoms with Crippen molar-refractivity contribution in [3.63, 3.8) is 0 Å². The second kappa shape index (κ2) is 8.45. The Kier molecular flexibility index (Phi) is 5.81. The van der Waals surface area contributed by atoms with Gasteiger partial charge >= 0.3 is 0 Å². The van der Waals surface area contributed by atoms with Crippen LogP contribution in [0.2, 0.25) is 0 Å². The molecule has 2 heterocycles. The second-order valence-corrected chi connectivity index (χ2v) is 6.47. The Balaban J connectivity index is 1.75. The summed E-state index contributed by atoms with van der Waals surface area (Å²) in [4.78, 5) is 31.5. The van der Waals surface area contributed by atoms with E-state index in [4.69, 9.17) is 0 Å². The van der Waals surface area contributed by atoms with Crippen LogP contribution >= 0.6 is 0 Å². The van der Waals surface area contributed by atoms with Crippen LogP contribution in [0, 0.1) is 6.92 Å². The summed E-state index contributed by atoms with van der Waals surface area (Å²) in [7, 11) is 0. The molecule has 0 aliphatic heterocycles. The highest BCUT2D eigenvalue weighted by atomic mass is 16.1. The Morgan fingerprint density at radius 3 is 2.67 bits per heavy atom. The van der Waals surface area contributed by atoms with Crippen molar-refractivity contribution in [3.8, 4) is 11.1 Å². The van der Waals surface area contributed by atoms with Crippen molar-refractivity contribution in [2.45, 2.75) is 26.7 Å². The quantitative estimate of drug-likeness (QED) is 0.707. The standard InChI is InChI=1S/C22H23N3O2/c1-3-17-12-20(15(2)25-22(17)27)18-11-19(14-23-13-18)21(26)24-10-9-16-7-5-4-6-8-16/h4-8,11-14H,3,9-10H2,1-2H3,(H,24,26)(H,25,27). The molecule has 0 fully saturated rings. The second-order valence-electron chi connectivity index (χ2n) is 6.47. The van der Waals surface area contributed by atoms with Crippen LogP contribution in [0.25, 0.3) is 11.1 Å². The molecule has 5 nitrogen and oxygen atoms in total. The van der Waals surface area contributed by atoms with Crippen molar-refractivity contribution in [2.24, 2.45) is 0 Å². The number of aromatic amines is 1. The molecular weight excluding hydrogens is 338 g/mol. The van der Waals surface area contributed by atoms with Crippen molar-refractivity contribution in [1.82, 2.24) is 15.3 Å². The average molecular weight is 361 g/mol. The van der Waals surface area contributed by atoms with E-state index in [0.717, 1.165) is 23.2 Å². The molecule has 0 atom stereocenters. The molecule has 0 bridgehead atoms. The van der Waals surface area contributed by atoms with Crippen LogP contribution in [0.1, 0.15) is 34.1 Å². The number of aromatic nitrogens is 2. The molecule has 1 amide bonds. The molecule has 3 rings (SSSR count). The number of hydrogen-bond acceptors (Lipinski definition) is 3. The molecule has 0 radical (unpaired) electrons. The van der Waals surface area contributed by atoms with Gasteiger partial charge in [-0.3, -0.25) is 14.6 Å². The highest BCUT2D eigenvalue weighted by Gasteiger charge is 2.11. The molecule has 0 aliphatic rings. The predicted molar refractivity (Wildman–Crippen MR) is 107 cm³/mol. The third kappa shape index (κ3) is 4.50. The number of H-pyrrole nitrogens is 1. The zero-order valence-corrected chi connectivity index (χ0v) is 15.6. The summed E-state index contributed by atoms with van der Waals surface area (Å²) in [6.07, 6.45) is 4.69. The molecule has 0 saturated carbocycles. The molecule has 138 valence electrons. The van der Waals surface area contributed by atoms with Crippen LogP contribution < -0.4 is 10.9 Å². The van der Waals surface area contributed by atoms with E-state index in [0.29, 0.717) is 24.1 Å². The first kappa shape index (κ1) is 18.6. The first-order valence-electron chi connectivity index (χ1n) is 9.09. The summed E-state index contributed by atoms with van der Waals surface area (Å²) in [6.45, 7) is 4.35. The first-order chi connectivity index (χ1) is 13.1. The molecule has 3 aromatic rings. The molecular formula is C22H23N3O2. The first-order valence-corrected chi connectivity index (χ1v) is 9.09. The number of carbonyl (C=O) groups is 1. The summed E-state index contributed by atoms with van der Waals surface area (Å²) < 4.78 is 0. The van der Waals surface area contributed by atoms with E-state index in [-0.39, 0.29) is 11.5 Å². The van der Waals surface area contributed by atoms with Gasteiger partial charge in [-0.05, 0) is 37.5 Å². The Morgan fingerprint density at radius 1 is 1.15 bits per heavy atom. The van der Waals surface area contributed by atoms with Crippen LogP contribution in [0.5, 0.6) is 0 Å². The van der Waals surface area contributed by atoms with E-state index in [2.05, 4.69) is 15.3 Å². The molecule has 0 unspecified atom stereocenters. The van der Waals surface area contributed by atoms with Crippen molar-refractivity contribution in [3.05, 3.63) is 87.6 Å². The zero-order valence-electron chi connectivity index (χ0n) is 15.6. The smallest absolute Gasteiger partial charge is 0.252 e. The number of nitrogens with one attached hydrogen (secondary N) is 2. The lowest BCUT2D eigenvalue weighted by Crippen LogP contribution is -2.25. The molecule has 2 aromatic heterocycles. The molecule has 1 aromatic carbocycles. The van der Waals surface area contributed by atoms with Gasteiger partial charge in [-0.2, -0.15) is 0 Å². The largest absolute Gasteiger partial charge is 0.352 e. The number of nitrogens with zero attached hydrogens (tertiary/aromatic N) is 1. The van der Waals surface area contributed by atoms with E-state index in [1.54, 1.807) is 12.4 Å². The monoisotopic (exact) mass is 361 g/mol. The van der Waals surface area contributed by atoms with E-state index in [1.165, 1.54) is 5.56 Å². The Morgan fingerprint density at radius 2 is 1.93 bits per heavy atom. The Labute approximate surface area is 158 Å². The number of amides is 1. The minimum absolute atomic E-state index is 0.0680. The fourth-order valence-corrected chi connectivity index (χ4v) is 3.01. The lowest BCUT2D eigenvalue weighted by Gasteiger charge is -2.10. The van der Waals surface area contributed by atoms with Crippen molar-refractivity contribution in [1.29, 1.82) is 0 Å². The van der Waals surface area contributed by atoms with Crippen molar-refractivity contribution >= 4 is 5.91 Å². The van der Waals surface area contributed by atoms with Gasteiger partial charge in [-0.15, -0.1) is 0 Å². The summed E-state index contributed by atoms with van der Waals surface area (Å²) in [6, 6.07) is 13.7. The molecule has 0 aliphatic carbocycles. The Hall–Kier alpha value is -3.21. The molecule has 5 heteroatoms. The highest BCUT2D eigenvalue weighted by Crippen LogP contribution is 2.22. The van der Waals surface area contributed by atoms with Gasteiger partial charge in [0.1, 0.15) is 0 Å². The van der Waals surface area contributed by atoms with Gasteiger partial charge in [0.2, 0.25) is 0 Å². The van der Waals surface area contributed by atoms with Gasteiger partial charge in [-0.1, -0.05) is 37.3 Å². The van der Waals surface area contributed by atoms with Crippen LogP contribution in [0.4, 0.5) is 0 Å². The number of hydrogen-bond donors (Lipinski definition) is 2. The minimum atomic E-state index is -0.155. The Bertz CT molecular complexity index is 994. The van der Waals surface area contributed by atoms with E-state index >= 15 is 0 Å². The summed E-state index contributed by atoms with van der Waals surface area (Å²) >= 11 is 0. The summed E-state index contributed by atoms with van der Waals surface area (Å²) in [5.74, 6) is -0.155. The lowest BCUT2D eigenvalue weighted by atomic mass is 10.0. The van der Waals surface area contributed by atoms with Gasteiger partial charge in [0.25, 0.3) is 11.5 Å². The van der Waals surface area contributed by atoms with E-state index in [9.17, 15) is 9.59 Å². The predicted octanol–water partition coefficient (Wildman–Crippen LogP) is 3.28. The van der Waals surface area contributed by atoms with Gasteiger partial charge in [-0.25, -0.2) is 0 Å². The van der Waals surface area contributed by atoms with Gasteiger partial charge in [0.15, 0.2) is 0 Å². The third-order valence-electron chi connectivity index (χ3n) is 4.55. The lowest BCUT2D eigenvalue weighted by molar-refractivity contribution is 0.0954. The molecule has 27 heavy (non-hydrogen) atoms. The molecule has 0 spiro atoms. The van der Waals surface area contributed by atoms with Gasteiger partial charge in [0.05, 0.1) is 5.56 Å². The van der Waals surface area contributed by atoms with Crippen molar-refractivity contribution < 1.29 is 4.79 Å². The normalized spacial score (nSPS) is 10.6. The van der Waals surface area contributed by atoms with Crippen molar-refractivity contribution in [2.75, 3.05) is 6.54 Å². The van der Waals surface area contributed by atoms with Gasteiger partial charge in [0, 0.05) is 41.3 Å². The summed E-state index contributed by atoms with van der Waals surface area (Å²) in [5, 5.41) is 2.94. The van der Waals surface area contributed by atoms with Crippen LogP contribution in [0.3, 0.4) is 0 Å². The van der Waals surface area contributed by atoms with Crippen LogP contribution in [-0.2, 0) is 12.8 Å². The summed E-state index contributed by atoms with van der Waals surface area (Å²) in [5.41, 5.74) is 4.80. The number of benzene rings is 1. The van der Waals surface area contributed by atoms with Crippen LogP contribution in [-0.4, -0.2) is 22.4 Å². The SMILES string of the molecule is CCc1cc(-c2cncc(C(=O)NCCc3ccccc3)c2)c(C)[nH]c1=O. The molecule has 0 saturated heterocycles. The minimum Gasteiger partial charge on any atom is -0.352 e. The number of pyridine rings is 2. The topological polar surface area (TPSA) is 74.8 Å². The maximum absolute atomic E-state index is 12.5. The van der Waals surface area contributed by atoms with Crippen LogP contribution in [0.15, 0.2) is 59.7 Å². The zero-order chi connectivity index (χ0) is 19.2. The van der Waals surface area contributed by atoms with E-state index < -0.39 is 0 Å². The fraction of sp³-hybridized carbons (Fsp3) is 0.227. The third-order valence-corrected chi connectivity index (χ3v) is 4.55. The average Bonchev–Trinajstić information content (AvgIpc) is 2.69. The fourth-order valence-electron chi connectivity index (χ4n) is 3.01.